The molecule has 0 saturated heterocycles. The predicted octanol–water partition coefficient (Wildman–Crippen LogP) is 4.69. The Balaban J connectivity index is 0. The summed E-state index contributed by atoms with van der Waals surface area (Å²) < 4.78 is 1.51. The van der Waals surface area contributed by atoms with Crippen molar-refractivity contribution in [1.82, 2.24) is 0 Å². The normalized spacial score (nSPS) is 10.1. The second-order valence-corrected chi connectivity index (χ2v) is 6.84. The third kappa shape index (κ3) is 29.1. The summed E-state index contributed by atoms with van der Waals surface area (Å²) in [6, 6.07) is 0. The fourth-order valence-corrected chi connectivity index (χ4v) is 2.77. The van der Waals surface area contributed by atoms with E-state index in [4.69, 9.17) is 5.11 Å². The zero-order valence-corrected chi connectivity index (χ0v) is 16.5. The van der Waals surface area contributed by atoms with Crippen LogP contribution in [0.2, 0.25) is 3.67 Å². The molecule has 0 aliphatic heterocycles. The maximum atomic E-state index is 9.24. The zero-order chi connectivity index (χ0) is 16.2. The van der Waals surface area contributed by atoms with Gasteiger partial charge in [-0.2, -0.15) is 0 Å². The van der Waals surface area contributed by atoms with Crippen molar-refractivity contribution >= 4 is 33.9 Å². The summed E-state index contributed by atoms with van der Waals surface area (Å²) in [5, 5.41) is 7.60. The molecule has 0 unspecified atom stereocenters. The molecule has 0 aliphatic rings. The molecule has 0 atom stereocenters. The largest absolute Gasteiger partial charge is 0.480 e. The molecule has 4 heteroatoms. The molecule has 3 N–H and O–H groups in total. The van der Waals surface area contributed by atoms with Gasteiger partial charge >= 0.3 is 108 Å². The van der Waals surface area contributed by atoms with Crippen molar-refractivity contribution in [2.45, 2.75) is 94.1 Å². The molecule has 0 radical (unpaired) electrons. The second-order valence-electron chi connectivity index (χ2n) is 5.84. The summed E-state index contributed by atoms with van der Waals surface area (Å²) in [7, 11) is 0. The Labute approximate surface area is 149 Å². The van der Waals surface area contributed by atoms with Crippen LogP contribution >= 0.6 is 0 Å². The molecule has 0 aliphatic carbocycles. The maximum absolute atomic E-state index is 9.24. The minimum atomic E-state index is -0.968. The van der Waals surface area contributed by atoms with E-state index in [-0.39, 0.29) is 6.54 Å². The predicted molar refractivity (Wildman–Crippen MR) is 92.9 cm³/mol. The number of hydrogen-bond acceptors (Lipinski definition) is 2. The first-order chi connectivity index (χ1) is 10.2. The molecular formula is C17H36NNaO2. The molecule has 0 heterocycles. The summed E-state index contributed by atoms with van der Waals surface area (Å²) in [5.74, 6) is -0.968. The number of carboxylic acid groups (broad SMARTS) is 1. The number of aliphatic carboxylic acids is 1. The fraction of sp³-hybridized carbons (Fsp3) is 0.941. The quantitative estimate of drug-likeness (QED) is 0.361. The first-order valence-electron chi connectivity index (χ1n) is 9.10. The molecule has 0 aromatic rings. The number of carbonyl (C=O) groups is 1. The van der Waals surface area contributed by atoms with E-state index >= 15 is 0 Å². The smallest absolute Gasteiger partial charge is 0.317 e. The monoisotopic (exact) mass is 309 g/mol. The Morgan fingerprint density at radius 2 is 1.10 bits per heavy atom. The van der Waals surface area contributed by atoms with Crippen molar-refractivity contribution in [2.24, 2.45) is 5.73 Å². The summed E-state index contributed by atoms with van der Waals surface area (Å²) >= 11 is 1.41. The van der Waals surface area contributed by atoms with Gasteiger partial charge in [0, 0.05) is 0 Å². The van der Waals surface area contributed by atoms with Gasteiger partial charge in [0.2, 0.25) is 0 Å². The molecular weight excluding hydrogens is 273 g/mol. The van der Waals surface area contributed by atoms with E-state index in [1.807, 2.05) is 0 Å². The van der Waals surface area contributed by atoms with Crippen LogP contribution in [-0.4, -0.2) is 45.6 Å². The van der Waals surface area contributed by atoms with Crippen molar-refractivity contribution in [3.63, 3.8) is 0 Å². The molecule has 0 amide bonds. The summed E-state index contributed by atoms with van der Waals surface area (Å²) in [4.78, 5) is 9.24. The average molecular weight is 309 g/mol. The standard InChI is InChI=1S/C15H31.C2H5NO2.Na/c1-3-5-7-9-11-13-15-14-12-10-8-6-4-2;3-1-2(4)5;/h1,3-15H2,2H3;1,3H2,(H,4,5);. The number of nitrogens with two attached hydrogens (primary N) is 1. The second kappa shape index (κ2) is 22.7. The Morgan fingerprint density at radius 3 is 1.33 bits per heavy atom. The summed E-state index contributed by atoms with van der Waals surface area (Å²) in [6.07, 6.45) is 19.2. The molecule has 122 valence electrons. The Bertz CT molecular complexity index is 187. The zero-order valence-electron chi connectivity index (χ0n) is 14.5. The average Bonchev–Trinajstić information content (AvgIpc) is 2.49. The van der Waals surface area contributed by atoms with Crippen molar-refractivity contribution in [2.75, 3.05) is 6.54 Å². The Hall–Kier alpha value is 0.430. The van der Waals surface area contributed by atoms with E-state index in [0.29, 0.717) is 0 Å². The number of carboxylic acids is 1. The van der Waals surface area contributed by atoms with Crippen LogP contribution in [0.25, 0.3) is 0 Å². The third-order valence-electron chi connectivity index (χ3n) is 3.63. The van der Waals surface area contributed by atoms with Gasteiger partial charge in [0.05, 0.1) is 6.54 Å². The van der Waals surface area contributed by atoms with Crippen molar-refractivity contribution in [3.8, 4) is 0 Å². The first kappa shape index (κ1) is 23.7. The number of unbranched alkanes of at least 4 members (excludes halogenated alkanes) is 12. The molecule has 0 aromatic heterocycles. The molecule has 0 rings (SSSR count). The van der Waals surface area contributed by atoms with E-state index in [1.165, 1.54) is 115 Å². The van der Waals surface area contributed by atoms with Crippen LogP contribution in [0.1, 0.15) is 90.4 Å². The molecule has 0 bridgehead atoms. The molecule has 3 nitrogen and oxygen atoms in total. The van der Waals surface area contributed by atoms with Crippen LogP contribution in [0.3, 0.4) is 0 Å². The van der Waals surface area contributed by atoms with Crippen LogP contribution in [0.5, 0.6) is 0 Å². The fourth-order valence-electron chi connectivity index (χ4n) is 2.27. The van der Waals surface area contributed by atoms with Gasteiger partial charge in [0.15, 0.2) is 0 Å². The van der Waals surface area contributed by atoms with Gasteiger partial charge in [-0.15, -0.1) is 0 Å². The third-order valence-corrected chi connectivity index (χ3v) is 4.34. The first-order valence-corrected chi connectivity index (χ1v) is 10.5. The number of rotatable bonds is 14. The Kier molecular flexibility index (Phi) is 25.6. The van der Waals surface area contributed by atoms with Crippen LogP contribution in [0.15, 0.2) is 0 Å². The van der Waals surface area contributed by atoms with Gasteiger partial charge in [-0.3, -0.25) is 4.79 Å². The topological polar surface area (TPSA) is 63.3 Å². The number of hydrogen-bond donors (Lipinski definition) is 2. The van der Waals surface area contributed by atoms with E-state index in [2.05, 4.69) is 12.7 Å². The van der Waals surface area contributed by atoms with Gasteiger partial charge in [-0.25, -0.2) is 0 Å². The van der Waals surface area contributed by atoms with Crippen molar-refractivity contribution < 1.29 is 9.90 Å². The minimum absolute atomic E-state index is 0.278. The van der Waals surface area contributed by atoms with E-state index < -0.39 is 5.97 Å². The van der Waals surface area contributed by atoms with Crippen LogP contribution < -0.4 is 5.73 Å². The SMILES string of the molecule is CCCCCCCCCCCCCC[CH2][Na].NCC(=O)O. The molecule has 0 aromatic carbocycles. The summed E-state index contributed by atoms with van der Waals surface area (Å²) in [5.41, 5.74) is 4.57. The van der Waals surface area contributed by atoms with Crippen molar-refractivity contribution in [1.29, 1.82) is 0 Å². The molecule has 0 spiro atoms. The molecule has 0 fully saturated rings. The minimum Gasteiger partial charge on any atom is -0.480 e. The maximum Gasteiger partial charge on any atom is 0.317 e. The van der Waals surface area contributed by atoms with E-state index in [1.54, 1.807) is 0 Å². The summed E-state index contributed by atoms with van der Waals surface area (Å²) in [6.45, 7) is 2.01. The van der Waals surface area contributed by atoms with Crippen LogP contribution in [0, 0.1) is 0 Å². The van der Waals surface area contributed by atoms with Crippen LogP contribution in [0.4, 0.5) is 0 Å². The van der Waals surface area contributed by atoms with E-state index in [9.17, 15) is 4.79 Å². The molecule has 0 saturated carbocycles. The molecule has 21 heavy (non-hydrogen) atoms. The van der Waals surface area contributed by atoms with Gasteiger partial charge in [0.25, 0.3) is 0 Å². The van der Waals surface area contributed by atoms with Crippen LogP contribution in [-0.2, 0) is 4.79 Å². The Morgan fingerprint density at radius 1 is 0.810 bits per heavy atom. The van der Waals surface area contributed by atoms with Gasteiger partial charge in [-0.1, -0.05) is 19.8 Å². The van der Waals surface area contributed by atoms with E-state index in [0.717, 1.165) is 0 Å². The van der Waals surface area contributed by atoms with Gasteiger partial charge < -0.3 is 10.8 Å². The van der Waals surface area contributed by atoms with Crippen molar-refractivity contribution in [3.05, 3.63) is 0 Å². The van der Waals surface area contributed by atoms with Gasteiger partial charge in [-0.05, 0) is 0 Å². The van der Waals surface area contributed by atoms with Gasteiger partial charge in [0.1, 0.15) is 0 Å².